The Labute approximate surface area is 171 Å². The van der Waals surface area contributed by atoms with E-state index in [-0.39, 0.29) is 11.9 Å². The number of carbonyl (C=O) groups excluding carboxylic acids is 2. The van der Waals surface area contributed by atoms with Gasteiger partial charge in [-0.2, -0.15) is 0 Å². The lowest BCUT2D eigenvalue weighted by atomic mass is 9.90. The van der Waals surface area contributed by atoms with Crippen molar-refractivity contribution in [2.24, 2.45) is 0 Å². The number of urea groups is 1. The van der Waals surface area contributed by atoms with Crippen LogP contribution in [0.3, 0.4) is 0 Å². The maximum atomic E-state index is 13.0. The number of benzene rings is 2. The van der Waals surface area contributed by atoms with Gasteiger partial charge in [0.05, 0.1) is 7.11 Å². The summed E-state index contributed by atoms with van der Waals surface area (Å²) in [4.78, 5) is 27.4. The summed E-state index contributed by atoms with van der Waals surface area (Å²) in [5.41, 5.74) is 4.16. The predicted octanol–water partition coefficient (Wildman–Crippen LogP) is 4.21. The van der Waals surface area contributed by atoms with Crippen LogP contribution in [0.25, 0.3) is 0 Å². The van der Waals surface area contributed by atoms with Crippen LogP contribution in [-0.2, 0) is 17.6 Å². The van der Waals surface area contributed by atoms with Gasteiger partial charge < -0.3 is 20.3 Å². The lowest BCUT2D eigenvalue weighted by Crippen LogP contribution is -2.45. The van der Waals surface area contributed by atoms with Gasteiger partial charge in [-0.3, -0.25) is 4.79 Å². The fourth-order valence-corrected chi connectivity index (χ4v) is 4.27. The zero-order valence-corrected chi connectivity index (χ0v) is 16.7. The summed E-state index contributed by atoms with van der Waals surface area (Å²) in [6.45, 7) is 0.576. The summed E-state index contributed by atoms with van der Waals surface area (Å²) in [6, 6.07) is 12.6. The smallest absolute Gasteiger partial charge is 0.322 e. The summed E-state index contributed by atoms with van der Waals surface area (Å²) < 4.78 is 5.14. The van der Waals surface area contributed by atoms with Crippen molar-refractivity contribution in [2.75, 3.05) is 24.3 Å². The van der Waals surface area contributed by atoms with Crippen LogP contribution in [0.2, 0.25) is 0 Å². The molecule has 1 aliphatic heterocycles. The molecule has 29 heavy (non-hydrogen) atoms. The van der Waals surface area contributed by atoms with Gasteiger partial charge >= 0.3 is 6.03 Å². The minimum absolute atomic E-state index is 0.105. The first kappa shape index (κ1) is 19.3. The van der Waals surface area contributed by atoms with Crippen molar-refractivity contribution in [3.05, 3.63) is 53.6 Å². The van der Waals surface area contributed by atoms with Crippen molar-refractivity contribution in [2.45, 2.75) is 44.6 Å². The Morgan fingerprint density at radius 2 is 1.79 bits per heavy atom. The molecular weight excluding hydrogens is 366 g/mol. The van der Waals surface area contributed by atoms with Gasteiger partial charge in [-0.1, -0.05) is 12.1 Å². The van der Waals surface area contributed by atoms with Crippen molar-refractivity contribution in [3.63, 3.8) is 0 Å². The Hall–Kier alpha value is -3.02. The molecule has 152 valence electrons. The molecule has 1 heterocycles. The third kappa shape index (κ3) is 4.21. The first-order valence-corrected chi connectivity index (χ1v) is 10.3. The summed E-state index contributed by atoms with van der Waals surface area (Å²) >= 11 is 0. The van der Waals surface area contributed by atoms with E-state index in [4.69, 9.17) is 4.74 Å². The summed E-state index contributed by atoms with van der Waals surface area (Å²) in [5.74, 6) is 0.624. The number of rotatable bonds is 4. The van der Waals surface area contributed by atoms with Gasteiger partial charge in [-0.25, -0.2) is 4.79 Å². The van der Waals surface area contributed by atoms with Gasteiger partial charge in [-0.15, -0.1) is 0 Å². The van der Waals surface area contributed by atoms with Crippen LogP contribution in [0.15, 0.2) is 42.5 Å². The topological polar surface area (TPSA) is 70.7 Å². The van der Waals surface area contributed by atoms with E-state index in [0.717, 1.165) is 37.1 Å². The van der Waals surface area contributed by atoms with Gasteiger partial charge in [0.25, 0.3) is 0 Å². The Balaban J connectivity index is 1.43. The van der Waals surface area contributed by atoms with Crippen molar-refractivity contribution in [1.82, 2.24) is 4.90 Å². The van der Waals surface area contributed by atoms with Crippen LogP contribution in [0, 0.1) is 0 Å². The third-order valence-electron chi connectivity index (χ3n) is 5.81. The number of hydrogen-bond acceptors (Lipinski definition) is 3. The number of nitrogens with one attached hydrogen (secondary N) is 2. The van der Waals surface area contributed by atoms with Crippen LogP contribution in [0.5, 0.6) is 5.75 Å². The number of methoxy groups -OCH3 is 1. The molecule has 1 atom stereocenters. The molecule has 2 aromatic rings. The molecule has 1 unspecified atom stereocenters. The maximum absolute atomic E-state index is 13.0. The molecule has 4 rings (SSSR count). The van der Waals surface area contributed by atoms with E-state index in [1.165, 1.54) is 17.5 Å². The van der Waals surface area contributed by atoms with E-state index >= 15 is 0 Å². The van der Waals surface area contributed by atoms with Crippen LogP contribution in [0.4, 0.5) is 16.2 Å². The third-order valence-corrected chi connectivity index (χ3v) is 5.81. The van der Waals surface area contributed by atoms with Gasteiger partial charge in [0.1, 0.15) is 11.8 Å². The molecule has 1 fully saturated rings. The Morgan fingerprint density at radius 3 is 2.59 bits per heavy atom. The molecule has 6 heteroatoms. The van der Waals surface area contributed by atoms with E-state index in [2.05, 4.69) is 16.7 Å². The van der Waals surface area contributed by atoms with E-state index in [1.807, 2.05) is 12.1 Å². The first-order chi connectivity index (χ1) is 14.2. The van der Waals surface area contributed by atoms with E-state index in [1.54, 1.807) is 36.3 Å². The van der Waals surface area contributed by atoms with Crippen LogP contribution >= 0.6 is 0 Å². The highest BCUT2D eigenvalue weighted by atomic mass is 16.5. The Bertz CT molecular complexity index is 895. The molecule has 0 bridgehead atoms. The van der Waals surface area contributed by atoms with Crippen LogP contribution < -0.4 is 15.4 Å². The Morgan fingerprint density at radius 1 is 1.00 bits per heavy atom. The highest BCUT2D eigenvalue weighted by Crippen LogP contribution is 2.29. The quantitative estimate of drug-likeness (QED) is 0.817. The van der Waals surface area contributed by atoms with E-state index in [9.17, 15) is 9.59 Å². The second kappa shape index (κ2) is 8.55. The lowest BCUT2D eigenvalue weighted by Gasteiger charge is -2.25. The van der Waals surface area contributed by atoms with Crippen molar-refractivity contribution in [1.29, 1.82) is 0 Å². The monoisotopic (exact) mass is 393 g/mol. The molecule has 0 spiro atoms. The molecule has 1 aliphatic carbocycles. The average Bonchev–Trinajstić information content (AvgIpc) is 3.25. The standard InChI is InChI=1S/C23H27N3O3/c1-29-18-13-11-17(12-14-18)24-23(28)26-15-5-10-21(26)22(27)25-20-9-4-7-16-6-2-3-8-19(16)20/h4,7,9,11-14,21H,2-3,5-6,8,10,15H2,1H3,(H,24,28)(H,25,27). The molecule has 0 saturated carbocycles. The summed E-state index contributed by atoms with van der Waals surface area (Å²) in [7, 11) is 1.60. The molecule has 3 amide bonds. The van der Waals surface area contributed by atoms with Crippen molar-refractivity contribution >= 4 is 23.3 Å². The molecule has 6 nitrogen and oxygen atoms in total. The molecule has 1 saturated heterocycles. The fraction of sp³-hybridized carbons (Fsp3) is 0.391. The number of hydrogen-bond donors (Lipinski definition) is 2. The number of carbonyl (C=O) groups is 2. The summed E-state index contributed by atoms with van der Waals surface area (Å²) in [5, 5.41) is 5.98. The SMILES string of the molecule is COc1ccc(NC(=O)N2CCCC2C(=O)Nc2cccc3c2CCCC3)cc1. The minimum atomic E-state index is -0.451. The zero-order valence-electron chi connectivity index (χ0n) is 16.7. The van der Waals surface area contributed by atoms with E-state index < -0.39 is 6.04 Å². The highest BCUT2D eigenvalue weighted by molar-refractivity contribution is 6.00. The van der Waals surface area contributed by atoms with Crippen molar-refractivity contribution < 1.29 is 14.3 Å². The predicted molar refractivity (Wildman–Crippen MR) is 113 cm³/mol. The molecule has 0 aromatic heterocycles. The van der Waals surface area contributed by atoms with E-state index in [0.29, 0.717) is 18.7 Å². The molecule has 2 aromatic carbocycles. The average molecular weight is 393 g/mol. The number of aryl methyl sites for hydroxylation is 1. The second-order valence-corrected chi connectivity index (χ2v) is 7.65. The number of nitrogens with zero attached hydrogens (tertiary/aromatic N) is 1. The largest absolute Gasteiger partial charge is 0.497 e. The van der Waals surface area contributed by atoms with Gasteiger partial charge in [0, 0.05) is 17.9 Å². The number of fused-ring (bicyclic) bond motifs is 1. The second-order valence-electron chi connectivity index (χ2n) is 7.65. The van der Waals surface area contributed by atoms with Gasteiger partial charge in [0.2, 0.25) is 5.91 Å². The number of amides is 3. The van der Waals surface area contributed by atoms with Crippen LogP contribution in [-0.4, -0.2) is 36.5 Å². The van der Waals surface area contributed by atoms with Gasteiger partial charge in [0.15, 0.2) is 0 Å². The summed E-state index contributed by atoms with van der Waals surface area (Å²) in [6.07, 6.45) is 5.92. The first-order valence-electron chi connectivity index (χ1n) is 10.3. The fourth-order valence-electron chi connectivity index (χ4n) is 4.27. The molecule has 2 aliphatic rings. The minimum Gasteiger partial charge on any atom is -0.497 e. The molecule has 2 N–H and O–H groups in total. The van der Waals surface area contributed by atoms with Gasteiger partial charge in [-0.05, 0) is 80.0 Å². The Kier molecular flexibility index (Phi) is 5.69. The van der Waals surface area contributed by atoms with Crippen LogP contribution in [0.1, 0.15) is 36.8 Å². The number of anilines is 2. The lowest BCUT2D eigenvalue weighted by molar-refractivity contribution is -0.119. The molecule has 0 radical (unpaired) electrons. The maximum Gasteiger partial charge on any atom is 0.322 e. The normalized spacial score (nSPS) is 18.1. The highest BCUT2D eigenvalue weighted by Gasteiger charge is 2.34. The number of ether oxygens (including phenoxy) is 1. The zero-order chi connectivity index (χ0) is 20.2. The molecular formula is C23H27N3O3. The number of likely N-dealkylation sites (tertiary alicyclic amines) is 1. The van der Waals surface area contributed by atoms with Crippen molar-refractivity contribution in [3.8, 4) is 5.75 Å².